The number of nitrogens with zero attached hydrogens (tertiary/aromatic N) is 1. The zero-order valence-corrected chi connectivity index (χ0v) is 13.2. The maximum Gasteiger partial charge on any atom is 0.251 e. The SMILES string of the molecule is CCN(CCNC(=O)c1ccccc1CCNC)C1CC1. The van der Waals surface area contributed by atoms with Gasteiger partial charge in [-0.3, -0.25) is 9.69 Å². The van der Waals surface area contributed by atoms with E-state index in [0.29, 0.717) is 0 Å². The molecular weight excluding hydrogens is 262 g/mol. The Morgan fingerprint density at radius 2 is 2.05 bits per heavy atom. The van der Waals surface area contributed by atoms with E-state index in [2.05, 4.69) is 22.5 Å². The van der Waals surface area contributed by atoms with Crippen molar-refractivity contribution < 1.29 is 4.79 Å². The maximum atomic E-state index is 12.3. The van der Waals surface area contributed by atoms with E-state index in [1.807, 2.05) is 31.3 Å². The van der Waals surface area contributed by atoms with Crippen LogP contribution in [0.5, 0.6) is 0 Å². The van der Waals surface area contributed by atoms with Gasteiger partial charge in [0.25, 0.3) is 5.91 Å². The van der Waals surface area contributed by atoms with Crippen LogP contribution in [0, 0.1) is 0 Å². The van der Waals surface area contributed by atoms with Crippen molar-refractivity contribution in [3.8, 4) is 0 Å². The second-order valence-corrected chi connectivity index (χ2v) is 5.63. The molecule has 1 aromatic carbocycles. The minimum absolute atomic E-state index is 0.0496. The molecule has 21 heavy (non-hydrogen) atoms. The minimum atomic E-state index is 0.0496. The van der Waals surface area contributed by atoms with Crippen LogP contribution in [0.2, 0.25) is 0 Å². The molecular formula is C17H27N3O. The van der Waals surface area contributed by atoms with E-state index in [1.165, 1.54) is 12.8 Å². The molecule has 4 heteroatoms. The van der Waals surface area contributed by atoms with Crippen LogP contribution in [0.4, 0.5) is 0 Å². The lowest BCUT2D eigenvalue weighted by Gasteiger charge is -2.20. The summed E-state index contributed by atoms with van der Waals surface area (Å²) in [6.45, 7) is 5.82. The van der Waals surface area contributed by atoms with Crippen molar-refractivity contribution in [2.24, 2.45) is 0 Å². The Kier molecular flexibility index (Phi) is 6.21. The molecule has 1 aliphatic carbocycles. The monoisotopic (exact) mass is 289 g/mol. The number of amides is 1. The molecule has 0 bridgehead atoms. The number of nitrogens with one attached hydrogen (secondary N) is 2. The number of rotatable bonds is 9. The zero-order valence-electron chi connectivity index (χ0n) is 13.2. The lowest BCUT2D eigenvalue weighted by molar-refractivity contribution is 0.0947. The topological polar surface area (TPSA) is 44.4 Å². The molecule has 2 N–H and O–H groups in total. The Bertz CT molecular complexity index is 457. The average molecular weight is 289 g/mol. The molecule has 1 fully saturated rings. The normalized spacial score (nSPS) is 14.4. The molecule has 0 saturated heterocycles. The highest BCUT2D eigenvalue weighted by Crippen LogP contribution is 2.25. The number of carbonyl (C=O) groups is 1. The van der Waals surface area contributed by atoms with Gasteiger partial charge >= 0.3 is 0 Å². The third-order valence-corrected chi connectivity index (χ3v) is 4.06. The van der Waals surface area contributed by atoms with Crippen molar-refractivity contribution in [2.45, 2.75) is 32.2 Å². The summed E-state index contributed by atoms with van der Waals surface area (Å²) < 4.78 is 0. The van der Waals surface area contributed by atoms with E-state index >= 15 is 0 Å². The van der Waals surface area contributed by atoms with Gasteiger partial charge in [0.15, 0.2) is 0 Å². The van der Waals surface area contributed by atoms with Crippen molar-refractivity contribution in [1.82, 2.24) is 15.5 Å². The summed E-state index contributed by atoms with van der Waals surface area (Å²) in [4.78, 5) is 14.8. The number of carbonyl (C=O) groups excluding carboxylic acids is 1. The fourth-order valence-corrected chi connectivity index (χ4v) is 2.67. The molecule has 116 valence electrons. The van der Waals surface area contributed by atoms with Gasteiger partial charge in [0.05, 0.1) is 0 Å². The summed E-state index contributed by atoms with van der Waals surface area (Å²) in [5.74, 6) is 0.0496. The molecule has 1 amide bonds. The molecule has 1 aliphatic rings. The first-order valence-electron chi connectivity index (χ1n) is 8.01. The molecule has 0 spiro atoms. The minimum Gasteiger partial charge on any atom is -0.351 e. The molecule has 0 heterocycles. The Labute approximate surface area is 127 Å². The molecule has 0 aliphatic heterocycles. The van der Waals surface area contributed by atoms with E-state index in [0.717, 1.165) is 49.8 Å². The summed E-state index contributed by atoms with van der Waals surface area (Å²) in [7, 11) is 1.93. The third-order valence-electron chi connectivity index (χ3n) is 4.06. The molecule has 0 unspecified atom stereocenters. The molecule has 0 radical (unpaired) electrons. The van der Waals surface area contributed by atoms with Crippen LogP contribution < -0.4 is 10.6 Å². The Morgan fingerprint density at radius 3 is 2.71 bits per heavy atom. The number of hydrogen-bond acceptors (Lipinski definition) is 3. The van der Waals surface area contributed by atoms with Crippen LogP contribution in [-0.2, 0) is 6.42 Å². The lowest BCUT2D eigenvalue weighted by Crippen LogP contribution is -2.36. The standard InChI is InChI=1S/C17H27N3O/c1-3-20(15-8-9-15)13-12-19-17(21)16-7-5-4-6-14(16)10-11-18-2/h4-7,15,18H,3,8-13H2,1-2H3,(H,19,21). The molecule has 2 rings (SSSR count). The van der Waals surface area contributed by atoms with Gasteiger partial charge in [-0.05, 0) is 51.0 Å². The number of likely N-dealkylation sites (N-methyl/N-ethyl adjacent to an activating group) is 2. The van der Waals surface area contributed by atoms with E-state index in [-0.39, 0.29) is 5.91 Å². The molecule has 4 nitrogen and oxygen atoms in total. The molecule has 0 aromatic heterocycles. The van der Waals surface area contributed by atoms with Gasteiger partial charge in [-0.25, -0.2) is 0 Å². The van der Waals surface area contributed by atoms with E-state index in [1.54, 1.807) is 0 Å². The molecule has 0 atom stereocenters. The van der Waals surface area contributed by atoms with E-state index in [4.69, 9.17) is 0 Å². The predicted molar refractivity (Wildman–Crippen MR) is 86.7 cm³/mol. The Morgan fingerprint density at radius 1 is 1.29 bits per heavy atom. The van der Waals surface area contributed by atoms with Gasteiger partial charge in [-0.2, -0.15) is 0 Å². The Balaban J connectivity index is 1.84. The van der Waals surface area contributed by atoms with Gasteiger partial charge < -0.3 is 10.6 Å². The quantitative estimate of drug-likeness (QED) is 0.727. The van der Waals surface area contributed by atoms with Gasteiger partial charge in [-0.15, -0.1) is 0 Å². The van der Waals surface area contributed by atoms with Crippen molar-refractivity contribution in [2.75, 3.05) is 33.2 Å². The van der Waals surface area contributed by atoms with Crippen LogP contribution in [-0.4, -0.2) is 50.1 Å². The van der Waals surface area contributed by atoms with Gasteiger partial charge in [-0.1, -0.05) is 25.1 Å². The van der Waals surface area contributed by atoms with Crippen molar-refractivity contribution in [3.63, 3.8) is 0 Å². The average Bonchev–Trinajstić information content (AvgIpc) is 3.34. The number of hydrogen-bond donors (Lipinski definition) is 2. The summed E-state index contributed by atoms with van der Waals surface area (Å²) >= 11 is 0. The summed E-state index contributed by atoms with van der Waals surface area (Å²) in [6.07, 6.45) is 3.51. The van der Waals surface area contributed by atoms with Crippen molar-refractivity contribution in [3.05, 3.63) is 35.4 Å². The fourth-order valence-electron chi connectivity index (χ4n) is 2.67. The maximum absolute atomic E-state index is 12.3. The van der Waals surface area contributed by atoms with Crippen LogP contribution in [0.3, 0.4) is 0 Å². The van der Waals surface area contributed by atoms with Crippen LogP contribution >= 0.6 is 0 Å². The highest BCUT2D eigenvalue weighted by atomic mass is 16.1. The fraction of sp³-hybridized carbons (Fsp3) is 0.588. The first-order valence-corrected chi connectivity index (χ1v) is 8.01. The second-order valence-electron chi connectivity index (χ2n) is 5.63. The van der Waals surface area contributed by atoms with Crippen molar-refractivity contribution in [1.29, 1.82) is 0 Å². The first kappa shape index (κ1) is 16.0. The summed E-state index contributed by atoms with van der Waals surface area (Å²) in [5.41, 5.74) is 1.92. The second kappa shape index (κ2) is 8.15. The Hall–Kier alpha value is -1.39. The van der Waals surface area contributed by atoms with Gasteiger partial charge in [0, 0.05) is 24.7 Å². The number of benzene rings is 1. The van der Waals surface area contributed by atoms with Crippen LogP contribution in [0.15, 0.2) is 24.3 Å². The highest BCUT2D eigenvalue weighted by Gasteiger charge is 2.27. The summed E-state index contributed by atoms with van der Waals surface area (Å²) in [6, 6.07) is 8.64. The smallest absolute Gasteiger partial charge is 0.251 e. The zero-order chi connectivity index (χ0) is 15.1. The lowest BCUT2D eigenvalue weighted by atomic mass is 10.0. The molecule has 1 saturated carbocycles. The van der Waals surface area contributed by atoms with Gasteiger partial charge in [0.2, 0.25) is 0 Å². The highest BCUT2D eigenvalue weighted by molar-refractivity contribution is 5.95. The van der Waals surface area contributed by atoms with Crippen LogP contribution in [0.1, 0.15) is 35.7 Å². The van der Waals surface area contributed by atoms with Gasteiger partial charge in [0.1, 0.15) is 0 Å². The first-order chi connectivity index (χ1) is 10.3. The van der Waals surface area contributed by atoms with E-state index in [9.17, 15) is 4.79 Å². The molecule has 1 aromatic rings. The van der Waals surface area contributed by atoms with Crippen molar-refractivity contribution >= 4 is 5.91 Å². The third kappa shape index (κ3) is 4.83. The largest absolute Gasteiger partial charge is 0.351 e. The predicted octanol–water partition coefficient (Wildman–Crippen LogP) is 1.66. The van der Waals surface area contributed by atoms with Crippen LogP contribution in [0.25, 0.3) is 0 Å². The summed E-state index contributed by atoms with van der Waals surface area (Å²) in [5, 5.41) is 6.19. The van der Waals surface area contributed by atoms with E-state index < -0.39 is 0 Å².